The van der Waals surface area contributed by atoms with Gasteiger partial charge in [0, 0.05) is 0 Å². The molecule has 0 saturated heterocycles. The van der Waals surface area contributed by atoms with Crippen molar-refractivity contribution in [2.24, 2.45) is 40.4 Å². The van der Waals surface area contributed by atoms with E-state index in [2.05, 4.69) is 27.7 Å². The van der Waals surface area contributed by atoms with Gasteiger partial charge in [0.15, 0.2) is 0 Å². The van der Waals surface area contributed by atoms with Crippen molar-refractivity contribution in [1.82, 2.24) is 0 Å². The summed E-state index contributed by atoms with van der Waals surface area (Å²) in [7, 11) is 0. The van der Waals surface area contributed by atoms with Crippen molar-refractivity contribution in [3.05, 3.63) is 0 Å². The van der Waals surface area contributed by atoms with E-state index < -0.39 is 5.60 Å². The fourth-order valence-corrected chi connectivity index (χ4v) is 7.96. The van der Waals surface area contributed by atoms with Crippen molar-refractivity contribution < 1.29 is 10.2 Å². The average Bonchev–Trinajstić information content (AvgIpc) is 2.72. The summed E-state index contributed by atoms with van der Waals surface area (Å²) in [6, 6.07) is 0. The first kappa shape index (κ1) is 16.4. The maximum atomic E-state index is 11.0. The van der Waals surface area contributed by atoms with Crippen molar-refractivity contribution in [2.45, 2.75) is 90.8 Å². The highest BCUT2D eigenvalue weighted by atomic mass is 16.3. The van der Waals surface area contributed by atoms with Crippen LogP contribution in [0.25, 0.3) is 0 Å². The Kier molecular flexibility index (Phi) is 3.54. The van der Waals surface area contributed by atoms with E-state index in [9.17, 15) is 10.2 Å². The van der Waals surface area contributed by atoms with E-state index in [4.69, 9.17) is 0 Å². The smallest absolute Gasteiger partial charge is 0.0675 e. The molecule has 0 aliphatic heterocycles. The predicted molar refractivity (Wildman–Crippen MR) is 92.9 cm³/mol. The Balaban J connectivity index is 1.68. The van der Waals surface area contributed by atoms with Gasteiger partial charge in [0.25, 0.3) is 0 Å². The maximum absolute atomic E-state index is 11.0. The summed E-state index contributed by atoms with van der Waals surface area (Å²) in [5.41, 5.74) is 0.0923. The van der Waals surface area contributed by atoms with Crippen LogP contribution in [0, 0.1) is 40.4 Å². The Morgan fingerprint density at radius 2 is 1.52 bits per heavy atom. The Morgan fingerprint density at radius 1 is 0.826 bits per heavy atom. The molecule has 4 fully saturated rings. The van der Waals surface area contributed by atoms with Crippen LogP contribution in [0.15, 0.2) is 0 Å². The lowest BCUT2D eigenvalue weighted by Gasteiger charge is -2.63. The summed E-state index contributed by atoms with van der Waals surface area (Å²) in [5, 5.41) is 21.2. The normalized spacial score (nSPS) is 62.3. The molecule has 2 nitrogen and oxygen atoms in total. The number of rotatable bonds is 0. The van der Waals surface area contributed by atoms with Crippen LogP contribution in [0.3, 0.4) is 0 Å². The van der Waals surface area contributed by atoms with Crippen LogP contribution >= 0.6 is 0 Å². The van der Waals surface area contributed by atoms with Gasteiger partial charge in [-0.1, -0.05) is 20.8 Å². The third-order valence-electron chi connectivity index (χ3n) is 9.57. The lowest BCUT2D eigenvalue weighted by atomic mass is 9.42. The molecule has 0 heterocycles. The topological polar surface area (TPSA) is 40.5 Å². The number of aliphatic hydroxyl groups is 2. The van der Waals surface area contributed by atoms with Gasteiger partial charge in [-0.05, 0) is 98.7 Å². The van der Waals surface area contributed by atoms with Gasteiger partial charge in [0.05, 0.1) is 11.7 Å². The predicted octanol–water partition coefficient (Wildman–Crippen LogP) is 4.39. The molecule has 0 amide bonds. The largest absolute Gasteiger partial charge is 0.393 e. The summed E-state index contributed by atoms with van der Waals surface area (Å²) >= 11 is 0. The Bertz CT molecular complexity index is 486. The van der Waals surface area contributed by atoms with Crippen LogP contribution in [-0.2, 0) is 0 Å². The average molecular weight is 321 g/mol. The Hall–Kier alpha value is -0.0800. The molecule has 4 aliphatic carbocycles. The Labute approximate surface area is 142 Å². The van der Waals surface area contributed by atoms with Crippen LogP contribution in [0.1, 0.15) is 79.1 Å². The molecule has 0 unspecified atom stereocenters. The zero-order valence-electron chi connectivity index (χ0n) is 15.5. The highest BCUT2D eigenvalue weighted by Gasteiger charge is 2.64. The summed E-state index contributed by atoms with van der Waals surface area (Å²) in [6.45, 7) is 9.47. The molecule has 0 aromatic rings. The zero-order chi connectivity index (χ0) is 16.6. The molecule has 0 spiro atoms. The molecule has 0 bridgehead atoms. The van der Waals surface area contributed by atoms with E-state index in [1.807, 2.05) is 0 Å². The molecule has 2 heteroatoms. The second-order valence-electron chi connectivity index (χ2n) is 10.4. The molecular formula is C21H36O2. The van der Waals surface area contributed by atoms with E-state index in [1.165, 1.54) is 32.1 Å². The van der Waals surface area contributed by atoms with E-state index >= 15 is 0 Å². The number of aliphatic hydroxyl groups excluding tert-OH is 1. The van der Waals surface area contributed by atoms with Crippen LogP contribution in [0.5, 0.6) is 0 Å². The molecule has 2 N–H and O–H groups in total. The molecule has 0 aromatic heterocycles. The Morgan fingerprint density at radius 3 is 2.26 bits per heavy atom. The fourth-order valence-electron chi connectivity index (χ4n) is 7.96. The third kappa shape index (κ3) is 2.06. The molecule has 0 radical (unpaired) electrons. The van der Waals surface area contributed by atoms with Gasteiger partial charge in [-0.2, -0.15) is 0 Å². The molecule has 0 aromatic carbocycles. The van der Waals surface area contributed by atoms with Crippen LogP contribution < -0.4 is 0 Å². The second-order valence-corrected chi connectivity index (χ2v) is 10.4. The summed E-state index contributed by atoms with van der Waals surface area (Å²) in [4.78, 5) is 0. The van der Waals surface area contributed by atoms with Crippen molar-refractivity contribution in [3.8, 4) is 0 Å². The van der Waals surface area contributed by atoms with Crippen LogP contribution in [0.2, 0.25) is 0 Å². The highest BCUT2D eigenvalue weighted by Crippen LogP contribution is 2.68. The molecule has 132 valence electrons. The minimum absolute atomic E-state index is 0.0619. The van der Waals surface area contributed by atoms with Crippen molar-refractivity contribution in [1.29, 1.82) is 0 Å². The van der Waals surface area contributed by atoms with E-state index in [0.717, 1.165) is 37.0 Å². The lowest BCUT2D eigenvalue weighted by Crippen LogP contribution is -2.58. The lowest BCUT2D eigenvalue weighted by molar-refractivity contribution is -0.167. The molecule has 9 atom stereocenters. The standard InChI is InChI=1S/C21H36O2/c1-13-11-15-16(19(2)8-5-14(22)12-18(13)19)6-9-20(3)17(15)7-10-21(20,4)23/h13-18,22-23H,5-12H2,1-4H3/t13-,14+,15+,16-,17-,18+,19+,20-,21+/m0/s1. The molecule has 4 aliphatic rings. The van der Waals surface area contributed by atoms with Gasteiger partial charge < -0.3 is 10.2 Å². The third-order valence-corrected chi connectivity index (χ3v) is 9.57. The van der Waals surface area contributed by atoms with Crippen molar-refractivity contribution >= 4 is 0 Å². The molecule has 23 heavy (non-hydrogen) atoms. The quantitative estimate of drug-likeness (QED) is 0.695. The number of hydrogen-bond acceptors (Lipinski definition) is 2. The summed E-state index contributed by atoms with van der Waals surface area (Å²) in [6.07, 6.45) is 9.22. The van der Waals surface area contributed by atoms with Crippen molar-refractivity contribution in [3.63, 3.8) is 0 Å². The van der Waals surface area contributed by atoms with Gasteiger partial charge >= 0.3 is 0 Å². The number of hydrogen-bond donors (Lipinski definition) is 2. The highest BCUT2D eigenvalue weighted by molar-refractivity contribution is 5.13. The van der Waals surface area contributed by atoms with E-state index in [-0.39, 0.29) is 11.5 Å². The van der Waals surface area contributed by atoms with E-state index in [0.29, 0.717) is 17.3 Å². The first-order valence-electron chi connectivity index (χ1n) is 10.1. The van der Waals surface area contributed by atoms with Gasteiger partial charge in [-0.3, -0.25) is 0 Å². The minimum Gasteiger partial charge on any atom is -0.393 e. The van der Waals surface area contributed by atoms with Gasteiger partial charge in [-0.15, -0.1) is 0 Å². The maximum Gasteiger partial charge on any atom is 0.0675 e. The first-order chi connectivity index (χ1) is 10.7. The zero-order valence-corrected chi connectivity index (χ0v) is 15.5. The van der Waals surface area contributed by atoms with Crippen molar-refractivity contribution in [2.75, 3.05) is 0 Å². The molecular weight excluding hydrogens is 284 g/mol. The van der Waals surface area contributed by atoms with Crippen LogP contribution in [-0.4, -0.2) is 21.9 Å². The summed E-state index contributed by atoms with van der Waals surface area (Å²) < 4.78 is 0. The monoisotopic (exact) mass is 320 g/mol. The van der Waals surface area contributed by atoms with Gasteiger partial charge in [0.1, 0.15) is 0 Å². The van der Waals surface area contributed by atoms with E-state index in [1.54, 1.807) is 0 Å². The second kappa shape index (κ2) is 4.97. The molecule has 4 rings (SSSR count). The molecule has 4 saturated carbocycles. The van der Waals surface area contributed by atoms with Crippen LogP contribution in [0.4, 0.5) is 0 Å². The summed E-state index contributed by atoms with van der Waals surface area (Å²) in [5.74, 6) is 3.77. The fraction of sp³-hybridized carbons (Fsp3) is 1.00. The minimum atomic E-state index is -0.466. The SMILES string of the molecule is C[C@H]1C[C@@H]2[C@H](CC[C@@]3(C)[C@H]2CC[C@@]3(C)O)[C@@]2(C)CC[C@@H](O)C[C@H]12. The number of fused-ring (bicyclic) bond motifs is 5. The van der Waals surface area contributed by atoms with Gasteiger partial charge in [-0.25, -0.2) is 0 Å². The van der Waals surface area contributed by atoms with Gasteiger partial charge in [0.2, 0.25) is 0 Å². The first-order valence-corrected chi connectivity index (χ1v) is 10.1.